The fourth-order valence-electron chi connectivity index (χ4n) is 4.72. The Morgan fingerprint density at radius 2 is 1.12 bits per heavy atom. The maximum absolute atomic E-state index is 4.72. The van der Waals surface area contributed by atoms with Crippen molar-refractivity contribution in [3.8, 4) is 0 Å². The smallest absolute Gasteiger partial charge is 0.0963 e. The molecule has 0 fully saturated rings. The van der Waals surface area contributed by atoms with Crippen molar-refractivity contribution in [1.29, 1.82) is 0 Å². The Bertz CT molecular complexity index is 1130. The van der Waals surface area contributed by atoms with Crippen molar-refractivity contribution >= 4 is 33.2 Å². The summed E-state index contributed by atoms with van der Waals surface area (Å²) in [5, 5.41) is 9.99. The first-order valence-electron chi connectivity index (χ1n) is 12.9. The van der Waals surface area contributed by atoms with Crippen LogP contribution in [0.2, 0.25) is 0 Å². The highest BCUT2D eigenvalue weighted by molar-refractivity contribution is 5.93. The molecule has 0 unspecified atom stereocenters. The maximum Gasteiger partial charge on any atom is 0.0963 e. The van der Waals surface area contributed by atoms with Gasteiger partial charge in [0.1, 0.15) is 0 Å². The van der Waals surface area contributed by atoms with Crippen molar-refractivity contribution in [3.63, 3.8) is 0 Å². The maximum atomic E-state index is 4.72. The molecule has 0 saturated heterocycles. The predicted octanol–water partition coefficient (Wildman–Crippen LogP) is 8.39. The van der Waals surface area contributed by atoms with Crippen molar-refractivity contribution in [2.75, 3.05) is 10.6 Å². The topological polar surface area (TPSA) is 49.8 Å². The van der Waals surface area contributed by atoms with Crippen molar-refractivity contribution in [2.45, 2.75) is 78.3 Å². The molecule has 34 heavy (non-hydrogen) atoms. The summed E-state index contributed by atoms with van der Waals surface area (Å²) in [4.78, 5) is 9.44. The average Bonchev–Trinajstić information content (AvgIpc) is 2.83. The van der Waals surface area contributed by atoms with E-state index in [0.29, 0.717) is 0 Å². The standard InChI is InChI=1S/C30H38N4/c1-4-5-6-7-8-9-10-19-30(33-28-20-22(2)31-26-17-13-11-15-24(26)28)34-29-21-23(3)32-27-18-14-12-16-25(27)29/h11-18,20-21,30H,4-10,19H2,1-3H3,(H,31,33)(H,32,34). The average molecular weight is 455 g/mol. The first-order chi connectivity index (χ1) is 16.6. The molecule has 0 saturated carbocycles. The van der Waals surface area contributed by atoms with Gasteiger partial charge in [-0.1, -0.05) is 81.8 Å². The Morgan fingerprint density at radius 3 is 1.65 bits per heavy atom. The van der Waals surface area contributed by atoms with Crippen LogP contribution in [0.15, 0.2) is 60.7 Å². The van der Waals surface area contributed by atoms with Crippen LogP contribution in [-0.4, -0.2) is 16.1 Å². The van der Waals surface area contributed by atoms with Gasteiger partial charge in [-0.05, 0) is 51.0 Å². The van der Waals surface area contributed by atoms with E-state index in [1.54, 1.807) is 0 Å². The summed E-state index contributed by atoms with van der Waals surface area (Å²) >= 11 is 0. The second kappa shape index (κ2) is 11.8. The van der Waals surface area contributed by atoms with E-state index in [-0.39, 0.29) is 6.17 Å². The number of rotatable bonds is 12. The molecule has 0 aliphatic heterocycles. The first-order valence-corrected chi connectivity index (χ1v) is 12.9. The fourth-order valence-corrected chi connectivity index (χ4v) is 4.72. The van der Waals surface area contributed by atoms with Crippen molar-refractivity contribution in [2.24, 2.45) is 0 Å². The van der Waals surface area contributed by atoms with Gasteiger partial charge in [-0.3, -0.25) is 9.97 Å². The predicted molar refractivity (Wildman–Crippen MR) is 147 cm³/mol. The molecule has 4 nitrogen and oxygen atoms in total. The number of aromatic nitrogens is 2. The van der Waals surface area contributed by atoms with E-state index in [4.69, 9.17) is 9.97 Å². The Kier molecular flexibility index (Phi) is 8.35. The highest BCUT2D eigenvalue weighted by Crippen LogP contribution is 2.28. The number of anilines is 2. The zero-order chi connectivity index (χ0) is 23.8. The molecule has 0 radical (unpaired) electrons. The van der Waals surface area contributed by atoms with Gasteiger partial charge in [-0.2, -0.15) is 0 Å². The van der Waals surface area contributed by atoms with Crippen LogP contribution >= 0.6 is 0 Å². The molecule has 0 bridgehead atoms. The number of pyridine rings is 2. The van der Waals surface area contributed by atoms with Crippen LogP contribution in [0.25, 0.3) is 21.8 Å². The van der Waals surface area contributed by atoms with Crippen LogP contribution in [0.3, 0.4) is 0 Å². The van der Waals surface area contributed by atoms with Gasteiger partial charge in [-0.25, -0.2) is 0 Å². The minimum absolute atomic E-state index is 0.117. The van der Waals surface area contributed by atoms with Gasteiger partial charge < -0.3 is 10.6 Å². The summed E-state index contributed by atoms with van der Waals surface area (Å²) < 4.78 is 0. The molecule has 0 spiro atoms. The molecule has 2 aromatic carbocycles. The summed E-state index contributed by atoms with van der Waals surface area (Å²) in [6.07, 6.45) is 10.3. The molecule has 2 aromatic heterocycles. The van der Waals surface area contributed by atoms with Crippen LogP contribution in [0.1, 0.15) is 69.7 Å². The van der Waals surface area contributed by atoms with Crippen LogP contribution in [0.4, 0.5) is 11.4 Å². The molecule has 2 heterocycles. The highest BCUT2D eigenvalue weighted by atomic mass is 15.1. The Morgan fingerprint density at radius 1 is 0.647 bits per heavy atom. The van der Waals surface area contributed by atoms with Gasteiger partial charge in [0.15, 0.2) is 0 Å². The largest absolute Gasteiger partial charge is 0.365 e. The van der Waals surface area contributed by atoms with Gasteiger partial charge in [0.25, 0.3) is 0 Å². The summed E-state index contributed by atoms with van der Waals surface area (Å²) in [5.41, 5.74) is 6.40. The Labute approximate surface area is 204 Å². The molecular weight excluding hydrogens is 416 g/mol. The van der Waals surface area contributed by atoms with Crippen LogP contribution < -0.4 is 10.6 Å². The van der Waals surface area contributed by atoms with E-state index in [1.165, 1.54) is 44.9 Å². The number of para-hydroxylation sites is 2. The molecule has 4 heteroatoms. The molecule has 4 rings (SSSR count). The molecule has 0 atom stereocenters. The molecule has 0 aliphatic rings. The lowest BCUT2D eigenvalue weighted by Gasteiger charge is -2.25. The molecule has 4 aromatic rings. The van der Waals surface area contributed by atoms with Gasteiger partial charge in [0.2, 0.25) is 0 Å². The summed E-state index contributed by atoms with van der Waals surface area (Å²) in [6.45, 7) is 6.41. The summed E-state index contributed by atoms with van der Waals surface area (Å²) in [6, 6.07) is 21.1. The molecular formula is C30H38N4. The molecule has 0 aliphatic carbocycles. The highest BCUT2D eigenvalue weighted by Gasteiger charge is 2.14. The van der Waals surface area contributed by atoms with E-state index in [0.717, 1.165) is 51.0 Å². The molecule has 178 valence electrons. The van der Waals surface area contributed by atoms with Gasteiger partial charge in [0, 0.05) is 33.5 Å². The number of hydrogen-bond donors (Lipinski definition) is 2. The second-order valence-electron chi connectivity index (χ2n) is 9.41. The number of fused-ring (bicyclic) bond motifs is 2. The van der Waals surface area contributed by atoms with E-state index in [9.17, 15) is 0 Å². The van der Waals surface area contributed by atoms with Crippen LogP contribution in [-0.2, 0) is 0 Å². The zero-order valence-electron chi connectivity index (χ0n) is 20.9. The van der Waals surface area contributed by atoms with E-state index in [1.807, 2.05) is 0 Å². The number of unbranched alkanes of at least 4 members (excludes halogenated alkanes) is 6. The van der Waals surface area contributed by atoms with Gasteiger partial charge in [0.05, 0.1) is 17.2 Å². The van der Waals surface area contributed by atoms with Gasteiger partial charge >= 0.3 is 0 Å². The molecule has 0 amide bonds. The van der Waals surface area contributed by atoms with Crippen molar-refractivity contribution in [1.82, 2.24) is 9.97 Å². The Balaban J connectivity index is 1.56. The van der Waals surface area contributed by atoms with E-state index >= 15 is 0 Å². The quantitative estimate of drug-likeness (QED) is 0.167. The number of benzene rings is 2. The first kappa shape index (κ1) is 24.0. The third-order valence-electron chi connectivity index (χ3n) is 6.44. The lowest BCUT2D eigenvalue weighted by molar-refractivity contribution is 0.561. The lowest BCUT2D eigenvalue weighted by atomic mass is 10.1. The number of nitrogens with zero attached hydrogens (tertiary/aromatic N) is 2. The number of nitrogens with one attached hydrogen (secondary N) is 2. The zero-order valence-corrected chi connectivity index (χ0v) is 20.9. The number of hydrogen-bond acceptors (Lipinski definition) is 4. The summed E-state index contributed by atoms with van der Waals surface area (Å²) in [7, 11) is 0. The second-order valence-corrected chi connectivity index (χ2v) is 9.41. The minimum atomic E-state index is 0.117. The van der Waals surface area contributed by atoms with Gasteiger partial charge in [-0.15, -0.1) is 0 Å². The SMILES string of the molecule is CCCCCCCCCC(Nc1cc(C)nc2ccccc12)Nc1cc(C)nc2ccccc12. The van der Waals surface area contributed by atoms with E-state index < -0.39 is 0 Å². The van der Waals surface area contributed by atoms with Crippen molar-refractivity contribution in [3.05, 3.63) is 72.1 Å². The molecule has 2 N–H and O–H groups in total. The van der Waals surface area contributed by atoms with Crippen molar-refractivity contribution < 1.29 is 0 Å². The Hall–Kier alpha value is -3.14. The number of aryl methyl sites for hydroxylation is 2. The third-order valence-corrected chi connectivity index (χ3v) is 6.44. The van der Waals surface area contributed by atoms with Crippen LogP contribution in [0, 0.1) is 13.8 Å². The minimum Gasteiger partial charge on any atom is -0.365 e. The third kappa shape index (κ3) is 6.25. The van der Waals surface area contributed by atoms with E-state index in [2.05, 4.69) is 92.1 Å². The fraction of sp³-hybridized carbons (Fsp3) is 0.400. The lowest BCUT2D eigenvalue weighted by Crippen LogP contribution is -2.29. The normalized spacial score (nSPS) is 11.4. The summed E-state index contributed by atoms with van der Waals surface area (Å²) in [5.74, 6) is 0. The monoisotopic (exact) mass is 454 g/mol. The van der Waals surface area contributed by atoms with Crippen LogP contribution in [0.5, 0.6) is 0 Å².